The predicted molar refractivity (Wildman–Crippen MR) is 129 cm³/mol. The number of likely N-dealkylation sites (N-methyl/N-ethyl adjacent to an activating group) is 1. The van der Waals surface area contributed by atoms with E-state index in [-0.39, 0.29) is 12.5 Å². The summed E-state index contributed by atoms with van der Waals surface area (Å²) in [5.74, 6) is -0.791. The van der Waals surface area contributed by atoms with Crippen LogP contribution >= 0.6 is 15.9 Å². The second-order valence-electron chi connectivity index (χ2n) is 7.35. The molecule has 174 valence electrons. The molecule has 0 radical (unpaired) electrons. The van der Waals surface area contributed by atoms with E-state index in [1.807, 2.05) is 24.3 Å². The van der Waals surface area contributed by atoms with Crippen molar-refractivity contribution in [1.82, 2.24) is 14.5 Å². The molecule has 0 aliphatic heterocycles. The van der Waals surface area contributed by atoms with E-state index in [1.165, 1.54) is 19.0 Å². The maximum atomic E-state index is 13.4. The van der Waals surface area contributed by atoms with E-state index in [4.69, 9.17) is 0 Å². The highest BCUT2D eigenvalue weighted by atomic mass is 79.9. The Hall–Kier alpha value is -2.43. The third-order valence-corrected chi connectivity index (χ3v) is 7.20. The minimum absolute atomic E-state index is 0.162. The fourth-order valence-corrected chi connectivity index (χ4v) is 4.32. The van der Waals surface area contributed by atoms with Crippen LogP contribution < -0.4 is 9.62 Å². The van der Waals surface area contributed by atoms with Crippen LogP contribution in [0.3, 0.4) is 0 Å². The number of halogens is 1. The van der Waals surface area contributed by atoms with Gasteiger partial charge in [-0.3, -0.25) is 9.59 Å². The Morgan fingerprint density at radius 3 is 2.16 bits per heavy atom. The molecule has 1 N–H and O–H groups in total. The van der Waals surface area contributed by atoms with Gasteiger partial charge >= 0.3 is 10.2 Å². The molecule has 32 heavy (non-hydrogen) atoms. The van der Waals surface area contributed by atoms with E-state index < -0.39 is 28.7 Å². The summed E-state index contributed by atoms with van der Waals surface area (Å²) in [5, 5.41) is 2.73. The fourth-order valence-electron chi connectivity index (χ4n) is 3.00. The van der Waals surface area contributed by atoms with Crippen molar-refractivity contribution in [2.75, 3.05) is 31.5 Å². The third kappa shape index (κ3) is 6.54. The molecule has 2 aromatic carbocycles. The van der Waals surface area contributed by atoms with Gasteiger partial charge in [0.05, 0.1) is 5.69 Å². The zero-order valence-electron chi connectivity index (χ0n) is 18.7. The molecule has 1 atom stereocenters. The predicted octanol–water partition coefficient (Wildman–Crippen LogP) is 2.62. The van der Waals surface area contributed by atoms with Gasteiger partial charge in [0.25, 0.3) is 0 Å². The summed E-state index contributed by atoms with van der Waals surface area (Å²) in [6.07, 6.45) is 0. The normalized spacial score (nSPS) is 12.3. The lowest BCUT2D eigenvalue weighted by molar-refractivity contribution is -0.139. The number of carbonyl (C=O) groups excluding carboxylic acids is 2. The number of nitrogens with zero attached hydrogens (tertiary/aromatic N) is 3. The number of benzene rings is 2. The Kier molecular flexibility index (Phi) is 9.23. The topological polar surface area (TPSA) is 90.0 Å². The van der Waals surface area contributed by atoms with Gasteiger partial charge in [-0.05, 0) is 43.7 Å². The van der Waals surface area contributed by atoms with Crippen molar-refractivity contribution >= 4 is 43.6 Å². The van der Waals surface area contributed by atoms with Crippen molar-refractivity contribution in [1.29, 1.82) is 0 Å². The Balaban J connectivity index is 2.40. The number of amides is 2. The number of rotatable bonds is 10. The van der Waals surface area contributed by atoms with Crippen LogP contribution in [0.25, 0.3) is 0 Å². The van der Waals surface area contributed by atoms with Crippen LogP contribution in [-0.4, -0.2) is 62.7 Å². The molecule has 2 rings (SSSR count). The molecule has 0 saturated carbocycles. The SMILES string of the molecule is CCNC(=O)[C@@H](C)N(Cc1ccc(Br)cc1)C(=O)CN(c1ccccc1)S(=O)(=O)N(C)C. The monoisotopic (exact) mass is 524 g/mol. The van der Waals surface area contributed by atoms with Crippen LogP contribution in [0.5, 0.6) is 0 Å². The van der Waals surface area contributed by atoms with Gasteiger partial charge in [-0.1, -0.05) is 46.3 Å². The molecule has 0 aliphatic carbocycles. The van der Waals surface area contributed by atoms with Gasteiger partial charge in [-0.25, -0.2) is 4.31 Å². The number of hydrogen-bond acceptors (Lipinski definition) is 4. The first kappa shape index (κ1) is 25.8. The van der Waals surface area contributed by atoms with Crippen molar-refractivity contribution in [3.8, 4) is 0 Å². The van der Waals surface area contributed by atoms with Crippen molar-refractivity contribution in [2.45, 2.75) is 26.4 Å². The smallest absolute Gasteiger partial charge is 0.304 e. The van der Waals surface area contributed by atoms with Crippen LogP contribution in [0, 0.1) is 0 Å². The first-order chi connectivity index (χ1) is 15.1. The maximum Gasteiger partial charge on any atom is 0.304 e. The molecule has 8 nitrogen and oxygen atoms in total. The minimum Gasteiger partial charge on any atom is -0.355 e. The molecule has 0 heterocycles. The molecule has 2 aromatic rings. The first-order valence-corrected chi connectivity index (χ1v) is 12.3. The van der Waals surface area contributed by atoms with Crippen molar-refractivity contribution < 1.29 is 18.0 Å². The zero-order valence-corrected chi connectivity index (χ0v) is 21.1. The number of para-hydroxylation sites is 1. The molecule has 0 saturated heterocycles. The van der Waals surface area contributed by atoms with Gasteiger partial charge in [0.15, 0.2) is 0 Å². The standard InChI is InChI=1S/C22H29BrN4O4S/c1-5-24-22(29)17(2)26(15-18-11-13-19(23)14-12-18)21(28)16-27(32(30,31)25(3)4)20-9-7-6-8-10-20/h6-14,17H,5,15-16H2,1-4H3,(H,24,29)/t17-/m1/s1. The number of hydrogen-bond donors (Lipinski definition) is 1. The van der Waals surface area contributed by atoms with Crippen LogP contribution in [0.2, 0.25) is 0 Å². The van der Waals surface area contributed by atoms with E-state index in [0.29, 0.717) is 12.2 Å². The lowest BCUT2D eigenvalue weighted by atomic mass is 10.1. The highest BCUT2D eigenvalue weighted by Crippen LogP contribution is 2.21. The number of carbonyl (C=O) groups is 2. The highest BCUT2D eigenvalue weighted by Gasteiger charge is 2.32. The van der Waals surface area contributed by atoms with Crippen molar-refractivity contribution in [2.24, 2.45) is 0 Å². The van der Waals surface area contributed by atoms with Gasteiger partial charge < -0.3 is 10.2 Å². The Morgan fingerprint density at radius 1 is 1.03 bits per heavy atom. The van der Waals surface area contributed by atoms with E-state index in [1.54, 1.807) is 44.2 Å². The van der Waals surface area contributed by atoms with Gasteiger partial charge in [0.2, 0.25) is 11.8 Å². The van der Waals surface area contributed by atoms with Gasteiger partial charge in [-0.2, -0.15) is 12.7 Å². The molecule has 0 aromatic heterocycles. The molecule has 0 bridgehead atoms. The lowest BCUT2D eigenvalue weighted by Crippen LogP contribution is -2.52. The Morgan fingerprint density at radius 2 is 1.62 bits per heavy atom. The molecular formula is C22H29BrN4O4S. The lowest BCUT2D eigenvalue weighted by Gasteiger charge is -2.32. The Bertz CT molecular complexity index is 1010. The summed E-state index contributed by atoms with van der Waals surface area (Å²) >= 11 is 3.38. The molecule has 0 fully saturated rings. The van der Waals surface area contributed by atoms with Crippen molar-refractivity contribution in [3.63, 3.8) is 0 Å². The third-order valence-electron chi connectivity index (χ3n) is 4.85. The van der Waals surface area contributed by atoms with Crippen LogP contribution in [0.1, 0.15) is 19.4 Å². The Labute approximate surface area is 198 Å². The number of nitrogens with one attached hydrogen (secondary N) is 1. The summed E-state index contributed by atoms with van der Waals surface area (Å²) in [6.45, 7) is 3.58. The van der Waals surface area contributed by atoms with Crippen LogP contribution in [0.15, 0.2) is 59.1 Å². The van der Waals surface area contributed by atoms with E-state index >= 15 is 0 Å². The minimum atomic E-state index is -3.94. The first-order valence-electron chi connectivity index (χ1n) is 10.1. The largest absolute Gasteiger partial charge is 0.355 e. The second-order valence-corrected chi connectivity index (χ2v) is 10.3. The summed E-state index contributed by atoms with van der Waals surface area (Å²) < 4.78 is 29.0. The molecule has 0 spiro atoms. The summed E-state index contributed by atoms with van der Waals surface area (Å²) in [7, 11) is -1.12. The average molecular weight is 525 g/mol. The fraction of sp³-hybridized carbons (Fsp3) is 0.364. The summed E-state index contributed by atoms with van der Waals surface area (Å²) in [6, 6.07) is 15.0. The zero-order chi connectivity index (χ0) is 23.9. The van der Waals surface area contributed by atoms with Crippen molar-refractivity contribution in [3.05, 3.63) is 64.6 Å². The van der Waals surface area contributed by atoms with E-state index in [2.05, 4.69) is 21.2 Å². The average Bonchev–Trinajstić information content (AvgIpc) is 2.77. The highest BCUT2D eigenvalue weighted by molar-refractivity contribution is 9.10. The quantitative estimate of drug-likeness (QED) is 0.517. The van der Waals surface area contributed by atoms with Gasteiger partial charge in [0, 0.05) is 31.7 Å². The molecule has 2 amide bonds. The molecular weight excluding hydrogens is 496 g/mol. The second kappa shape index (κ2) is 11.4. The maximum absolute atomic E-state index is 13.4. The number of anilines is 1. The van der Waals surface area contributed by atoms with Crippen LogP contribution in [0.4, 0.5) is 5.69 Å². The van der Waals surface area contributed by atoms with E-state index in [0.717, 1.165) is 18.6 Å². The molecule has 10 heteroatoms. The molecule has 0 unspecified atom stereocenters. The molecule has 0 aliphatic rings. The van der Waals surface area contributed by atoms with Crippen LogP contribution in [-0.2, 0) is 26.3 Å². The summed E-state index contributed by atoms with van der Waals surface area (Å²) in [5.41, 5.74) is 1.18. The van der Waals surface area contributed by atoms with Gasteiger partial charge in [-0.15, -0.1) is 0 Å². The van der Waals surface area contributed by atoms with Gasteiger partial charge in [0.1, 0.15) is 12.6 Å². The summed E-state index contributed by atoms with van der Waals surface area (Å²) in [4.78, 5) is 27.4. The van der Waals surface area contributed by atoms with E-state index in [9.17, 15) is 18.0 Å².